The lowest BCUT2D eigenvalue weighted by Crippen LogP contribution is -2.43. The first-order valence-electron chi connectivity index (χ1n) is 6.92. The molecule has 1 aromatic rings. The van der Waals surface area contributed by atoms with Crippen LogP contribution in [-0.4, -0.2) is 33.9 Å². The Hall–Kier alpha value is -1.63. The summed E-state index contributed by atoms with van der Waals surface area (Å²) >= 11 is 0. The first kappa shape index (κ1) is 16.4. The second-order valence-corrected chi connectivity index (χ2v) is 5.29. The van der Waals surface area contributed by atoms with Crippen LogP contribution in [0.1, 0.15) is 51.4 Å². The maximum atomic E-state index is 11.9. The third-order valence-electron chi connectivity index (χ3n) is 2.94. The molecule has 2 amide bonds. The molecule has 0 aliphatic rings. The largest absolute Gasteiger partial charge is 0.396 e. The Morgan fingerprint density at radius 2 is 2.05 bits per heavy atom. The number of aryl methyl sites for hydroxylation is 1. The molecular formula is C13H24N4O3. The first-order chi connectivity index (χ1) is 9.43. The highest BCUT2D eigenvalue weighted by atomic mass is 16.5. The summed E-state index contributed by atoms with van der Waals surface area (Å²) in [6.45, 7) is 7.71. The molecule has 1 heterocycles. The number of nitrogens with one attached hydrogen (secondary N) is 2. The van der Waals surface area contributed by atoms with E-state index in [1.165, 1.54) is 0 Å². The molecule has 1 rings (SSSR count). The number of nitrogens with zero attached hydrogens (tertiary/aromatic N) is 2. The second-order valence-electron chi connectivity index (χ2n) is 5.29. The Morgan fingerprint density at radius 3 is 2.55 bits per heavy atom. The van der Waals surface area contributed by atoms with E-state index in [0.717, 1.165) is 6.42 Å². The molecule has 3 N–H and O–H groups in total. The van der Waals surface area contributed by atoms with Crippen LogP contribution in [0.15, 0.2) is 4.52 Å². The third-order valence-corrected chi connectivity index (χ3v) is 2.94. The molecule has 0 spiro atoms. The summed E-state index contributed by atoms with van der Waals surface area (Å²) in [5, 5.41) is 18.2. The number of urea groups is 1. The molecule has 2 atom stereocenters. The number of rotatable bonds is 7. The average molecular weight is 284 g/mol. The van der Waals surface area contributed by atoms with Crippen molar-refractivity contribution in [2.75, 3.05) is 6.61 Å². The van der Waals surface area contributed by atoms with Gasteiger partial charge in [-0.25, -0.2) is 4.79 Å². The number of aliphatic hydroxyl groups excluding tert-OH is 1. The predicted octanol–water partition coefficient (Wildman–Crippen LogP) is 1.54. The van der Waals surface area contributed by atoms with Gasteiger partial charge in [-0.15, -0.1) is 0 Å². The van der Waals surface area contributed by atoms with Gasteiger partial charge in [0, 0.05) is 12.6 Å². The molecule has 0 aliphatic carbocycles. The van der Waals surface area contributed by atoms with Crippen LogP contribution in [0, 0.1) is 12.8 Å². The predicted molar refractivity (Wildman–Crippen MR) is 74.1 cm³/mol. The monoisotopic (exact) mass is 284 g/mol. The number of carbonyl (C=O) groups is 1. The molecule has 114 valence electrons. The van der Waals surface area contributed by atoms with E-state index in [1.807, 2.05) is 20.8 Å². The summed E-state index contributed by atoms with van der Waals surface area (Å²) in [5.74, 6) is 1.09. The SMILES string of the molecule is Cc1noc(C(NC(=O)NC(C)CCCO)C(C)C)n1. The fourth-order valence-corrected chi connectivity index (χ4v) is 1.83. The van der Waals surface area contributed by atoms with Crippen LogP contribution in [-0.2, 0) is 0 Å². The van der Waals surface area contributed by atoms with Crippen LogP contribution in [0.3, 0.4) is 0 Å². The lowest BCUT2D eigenvalue weighted by atomic mass is 10.0. The van der Waals surface area contributed by atoms with Crippen molar-refractivity contribution >= 4 is 6.03 Å². The smallest absolute Gasteiger partial charge is 0.315 e. The van der Waals surface area contributed by atoms with Crippen LogP contribution in [0.2, 0.25) is 0 Å². The summed E-state index contributed by atoms with van der Waals surface area (Å²) in [6, 6.07) is -0.592. The van der Waals surface area contributed by atoms with Crippen molar-refractivity contribution in [2.24, 2.45) is 5.92 Å². The van der Waals surface area contributed by atoms with Crippen LogP contribution < -0.4 is 10.6 Å². The van der Waals surface area contributed by atoms with Crippen LogP contribution in [0.5, 0.6) is 0 Å². The number of aromatic nitrogens is 2. The molecule has 0 radical (unpaired) electrons. The standard InChI is InChI=1S/C13H24N4O3/c1-8(2)11(12-15-10(4)17-20-12)16-13(19)14-9(3)6-5-7-18/h8-9,11,18H,5-7H2,1-4H3,(H2,14,16,19). The average Bonchev–Trinajstić information content (AvgIpc) is 2.79. The van der Waals surface area contributed by atoms with E-state index in [0.29, 0.717) is 18.1 Å². The van der Waals surface area contributed by atoms with Crippen LogP contribution >= 0.6 is 0 Å². The van der Waals surface area contributed by atoms with E-state index in [-0.39, 0.29) is 30.6 Å². The van der Waals surface area contributed by atoms with Gasteiger partial charge >= 0.3 is 6.03 Å². The summed E-state index contributed by atoms with van der Waals surface area (Å²) < 4.78 is 5.12. The number of hydrogen-bond acceptors (Lipinski definition) is 5. The van der Waals surface area contributed by atoms with Gasteiger partial charge in [-0.1, -0.05) is 19.0 Å². The first-order valence-corrected chi connectivity index (χ1v) is 6.92. The topological polar surface area (TPSA) is 100 Å². The Bertz CT molecular complexity index is 420. The second kappa shape index (κ2) is 7.84. The molecular weight excluding hydrogens is 260 g/mol. The Balaban J connectivity index is 2.56. The number of amides is 2. The molecule has 7 heteroatoms. The van der Waals surface area contributed by atoms with E-state index in [4.69, 9.17) is 9.63 Å². The molecule has 7 nitrogen and oxygen atoms in total. The fraction of sp³-hybridized carbons (Fsp3) is 0.769. The van der Waals surface area contributed by atoms with Gasteiger partial charge in [-0.2, -0.15) is 4.98 Å². The molecule has 0 bridgehead atoms. The van der Waals surface area contributed by atoms with Gasteiger partial charge in [0.15, 0.2) is 5.82 Å². The number of carbonyl (C=O) groups excluding carboxylic acids is 1. The van der Waals surface area contributed by atoms with Crippen molar-refractivity contribution in [3.05, 3.63) is 11.7 Å². The van der Waals surface area contributed by atoms with Gasteiger partial charge in [0.1, 0.15) is 6.04 Å². The van der Waals surface area contributed by atoms with Crippen molar-refractivity contribution in [2.45, 2.75) is 52.6 Å². The van der Waals surface area contributed by atoms with E-state index >= 15 is 0 Å². The Kier molecular flexibility index (Phi) is 6.44. The van der Waals surface area contributed by atoms with Gasteiger partial charge in [-0.05, 0) is 32.6 Å². The van der Waals surface area contributed by atoms with Crippen molar-refractivity contribution in [1.29, 1.82) is 0 Å². The maximum absolute atomic E-state index is 11.9. The van der Waals surface area contributed by atoms with Gasteiger partial charge < -0.3 is 20.3 Å². The summed E-state index contributed by atoms with van der Waals surface area (Å²) in [6.07, 6.45) is 1.40. The van der Waals surface area contributed by atoms with Crippen LogP contribution in [0.25, 0.3) is 0 Å². The Morgan fingerprint density at radius 1 is 1.35 bits per heavy atom. The molecule has 0 aliphatic heterocycles. The fourth-order valence-electron chi connectivity index (χ4n) is 1.83. The summed E-state index contributed by atoms with van der Waals surface area (Å²) in [5.41, 5.74) is 0. The molecule has 0 aromatic carbocycles. The number of hydrogen-bond donors (Lipinski definition) is 3. The zero-order chi connectivity index (χ0) is 15.1. The normalized spacial score (nSPS) is 14.1. The third kappa shape index (κ3) is 5.16. The summed E-state index contributed by atoms with van der Waals surface area (Å²) in [7, 11) is 0. The lowest BCUT2D eigenvalue weighted by Gasteiger charge is -2.21. The van der Waals surface area contributed by atoms with E-state index in [1.54, 1.807) is 6.92 Å². The van der Waals surface area contributed by atoms with Crippen molar-refractivity contribution < 1.29 is 14.4 Å². The van der Waals surface area contributed by atoms with Crippen LogP contribution in [0.4, 0.5) is 4.79 Å². The summed E-state index contributed by atoms with van der Waals surface area (Å²) in [4.78, 5) is 16.1. The van der Waals surface area contributed by atoms with E-state index in [9.17, 15) is 4.79 Å². The minimum absolute atomic E-state index is 0.000571. The highest BCUT2D eigenvalue weighted by Gasteiger charge is 2.24. The van der Waals surface area contributed by atoms with Crippen molar-refractivity contribution in [3.8, 4) is 0 Å². The van der Waals surface area contributed by atoms with Crippen molar-refractivity contribution in [1.82, 2.24) is 20.8 Å². The zero-order valence-electron chi connectivity index (χ0n) is 12.5. The van der Waals surface area contributed by atoms with Gasteiger partial charge in [0.05, 0.1) is 0 Å². The molecule has 20 heavy (non-hydrogen) atoms. The maximum Gasteiger partial charge on any atom is 0.315 e. The van der Waals surface area contributed by atoms with Crippen molar-refractivity contribution in [3.63, 3.8) is 0 Å². The molecule has 0 saturated carbocycles. The lowest BCUT2D eigenvalue weighted by molar-refractivity contribution is 0.219. The quantitative estimate of drug-likeness (QED) is 0.705. The Labute approximate surface area is 119 Å². The molecule has 0 fully saturated rings. The van der Waals surface area contributed by atoms with E-state index < -0.39 is 0 Å². The highest BCUT2D eigenvalue weighted by Crippen LogP contribution is 2.19. The minimum Gasteiger partial charge on any atom is -0.396 e. The number of aliphatic hydroxyl groups is 1. The molecule has 1 aromatic heterocycles. The van der Waals surface area contributed by atoms with E-state index in [2.05, 4.69) is 20.8 Å². The minimum atomic E-state index is -0.318. The molecule has 2 unspecified atom stereocenters. The highest BCUT2D eigenvalue weighted by molar-refractivity contribution is 5.74. The van der Waals surface area contributed by atoms with Gasteiger partial charge in [0.2, 0.25) is 5.89 Å². The molecule has 0 saturated heterocycles. The van der Waals surface area contributed by atoms with Gasteiger partial charge in [0.25, 0.3) is 0 Å². The van der Waals surface area contributed by atoms with Gasteiger partial charge in [-0.3, -0.25) is 0 Å². The zero-order valence-corrected chi connectivity index (χ0v) is 12.5.